The van der Waals surface area contributed by atoms with E-state index in [1.807, 2.05) is 12.1 Å². The number of fused-ring (bicyclic) bond motifs is 1. The molecule has 0 fully saturated rings. The third-order valence-corrected chi connectivity index (χ3v) is 1.85. The van der Waals surface area contributed by atoms with Crippen LogP contribution < -0.4 is 10.1 Å². The Labute approximate surface area is 80.5 Å². The van der Waals surface area contributed by atoms with Gasteiger partial charge in [0, 0.05) is 12.4 Å². The monoisotopic (exact) mass is 191 g/mol. The number of rotatable bonds is 1. The van der Waals surface area contributed by atoms with Crippen LogP contribution in [0.1, 0.15) is 0 Å². The topological polar surface area (TPSA) is 51.5 Å². The SMILES string of the molecule is CNC(=O)Oc1cccc2ccoc12. The van der Waals surface area contributed by atoms with Crippen LogP contribution >= 0.6 is 0 Å². The lowest BCUT2D eigenvalue weighted by Gasteiger charge is -2.02. The van der Waals surface area contributed by atoms with Crippen molar-refractivity contribution >= 4 is 17.1 Å². The fourth-order valence-electron chi connectivity index (χ4n) is 1.20. The van der Waals surface area contributed by atoms with Gasteiger partial charge in [0.05, 0.1) is 6.26 Å². The first kappa shape index (κ1) is 8.62. The second kappa shape index (κ2) is 3.41. The molecule has 0 aliphatic rings. The van der Waals surface area contributed by atoms with Gasteiger partial charge in [0.1, 0.15) is 0 Å². The fraction of sp³-hybridized carbons (Fsp3) is 0.100. The van der Waals surface area contributed by atoms with E-state index in [0.29, 0.717) is 11.3 Å². The minimum absolute atomic E-state index is 0.423. The molecule has 1 heterocycles. The van der Waals surface area contributed by atoms with Crippen LogP contribution in [0.3, 0.4) is 0 Å². The number of hydrogen-bond acceptors (Lipinski definition) is 3. The van der Waals surface area contributed by atoms with E-state index in [1.165, 1.54) is 7.05 Å². The summed E-state index contributed by atoms with van der Waals surface area (Å²) < 4.78 is 10.2. The second-order valence-corrected chi connectivity index (χ2v) is 2.73. The maximum atomic E-state index is 11.0. The van der Waals surface area contributed by atoms with Crippen LogP contribution in [-0.4, -0.2) is 13.1 Å². The number of hydrogen-bond donors (Lipinski definition) is 1. The van der Waals surface area contributed by atoms with Crippen molar-refractivity contribution in [3.05, 3.63) is 30.5 Å². The maximum Gasteiger partial charge on any atom is 0.412 e. The molecule has 1 aromatic heterocycles. The number of amides is 1. The Balaban J connectivity index is 2.41. The summed E-state index contributed by atoms with van der Waals surface area (Å²) in [6.45, 7) is 0. The number of benzene rings is 1. The quantitative estimate of drug-likeness (QED) is 0.751. The van der Waals surface area contributed by atoms with Crippen LogP contribution in [0.15, 0.2) is 34.9 Å². The van der Waals surface area contributed by atoms with Gasteiger partial charge in [-0.2, -0.15) is 0 Å². The lowest BCUT2D eigenvalue weighted by molar-refractivity contribution is 0.203. The molecule has 1 aromatic carbocycles. The standard InChI is InChI=1S/C10H9NO3/c1-11-10(12)14-8-4-2-3-7-5-6-13-9(7)8/h2-6H,1H3,(H,11,12). The summed E-state index contributed by atoms with van der Waals surface area (Å²) in [6, 6.07) is 7.18. The molecule has 4 nitrogen and oxygen atoms in total. The van der Waals surface area contributed by atoms with Gasteiger partial charge < -0.3 is 14.5 Å². The van der Waals surface area contributed by atoms with E-state index in [2.05, 4.69) is 5.32 Å². The molecule has 1 N–H and O–H groups in total. The number of carbonyl (C=O) groups excluding carboxylic acids is 1. The summed E-state index contributed by atoms with van der Waals surface area (Å²) in [6.07, 6.45) is 1.05. The van der Waals surface area contributed by atoms with Gasteiger partial charge in [-0.1, -0.05) is 12.1 Å². The molecule has 0 bridgehead atoms. The molecule has 0 atom stereocenters. The van der Waals surface area contributed by atoms with Crippen LogP contribution in [0.4, 0.5) is 4.79 Å². The van der Waals surface area contributed by atoms with Crippen molar-refractivity contribution in [1.82, 2.24) is 5.32 Å². The number of para-hydroxylation sites is 1. The van der Waals surface area contributed by atoms with Crippen molar-refractivity contribution in [3.63, 3.8) is 0 Å². The summed E-state index contributed by atoms with van der Waals surface area (Å²) in [5.41, 5.74) is 0.580. The highest BCUT2D eigenvalue weighted by atomic mass is 16.6. The normalized spacial score (nSPS) is 10.1. The van der Waals surface area contributed by atoms with E-state index < -0.39 is 6.09 Å². The lowest BCUT2D eigenvalue weighted by Crippen LogP contribution is -2.22. The average molecular weight is 191 g/mol. The zero-order valence-corrected chi connectivity index (χ0v) is 7.61. The molecule has 0 aliphatic carbocycles. The predicted octanol–water partition coefficient (Wildman–Crippen LogP) is 2.15. The molecular weight excluding hydrogens is 182 g/mol. The number of carbonyl (C=O) groups is 1. The minimum Gasteiger partial charge on any atom is -0.460 e. The Morgan fingerprint density at radius 1 is 1.43 bits per heavy atom. The predicted molar refractivity (Wildman–Crippen MR) is 51.3 cm³/mol. The minimum atomic E-state index is -0.506. The average Bonchev–Trinajstić information content (AvgIpc) is 2.66. The van der Waals surface area contributed by atoms with Crippen LogP contribution in [0.5, 0.6) is 5.75 Å². The van der Waals surface area contributed by atoms with Crippen molar-refractivity contribution in [2.75, 3.05) is 7.05 Å². The fourth-order valence-corrected chi connectivity index (χ4v) is 1.20. The molecule has 0 unspecified atom stereocenters. The smallest absolute Gasteiger partial charge is 0.412 e. The van der Waals surface area contributed by atoms with Crippen molar-refractivity contribution in [3.8, 4) is 5.75 Å². The van der Waals surface area contributed by atoms with E-state index in [1.54, 1.807) is 18.4 Å². The molecule has 0 radical (unpaired) electrons. The van der Waals surface area contributed by atoms with Crippen LogP contribution in [0, 0.1) is 0 Å². The number of nitrogens with one attached hydrogen (secondary N) is 1. The van der Waals surface area contributed by atoms with Crippen LogP contribution in [-0.2, 0) is 0 Å². The van der Waals surface area contributed by atoms with E-state index in [9.17, 15) is 4.79 Å². The third-order valence-electron chi connectivity index (χ3n) is 1.85. The van der Waals surface area contributed by atoms with E-state index in [-0.39, 0.29) is 0 Å². The van der Waals surface area contributed by atoms with Gasteiger partial charge in [-0.05, 0) is 12.1 Å². The second-order valence-electron chi connectivity index (χ2n) is 2.73. The molecule has 0 saturated heterocycles. The molecule has 0 aliphatic heterocycles. The molecule has 2 rings (SSSR count). The third kappa shape index (κ3) is 1.42. The summed E-state index contributed by atoms with van der Waals surface area (Å²) >= 11 is 0. The van der Waals surface area contributed by atoms with E-state index in [4.69, 9.17) is 9.15 Å². The van der Waals surface area contributed by atoms with Crippen molar-refractivity contribution in [2.45, 2.75) is 0 Å². The molecular formula is C10H9NO3. The largest absolute Gasteiger partial charge is 0.460 e. The van der Waals surface area contributed by atoms with Gasteiger partial charge in [0.25, 0.3) is 0 Å². The first-order chi connectivity index (χ1) is 6.81. The van der Waals surface area contributed by atoms with Gasteiger partial charge in [-0.3, -0.25) is 0 Å². The highest BCUT2D eigenvalue weighted by molar-refractivity contribution is 5.85. The van der Waals surface area contributed by atoms with Gasteiger partial charge >= 0.3 is 6.09 Å². The van der Waals surface area contributed by atoms with Crippen molar-refractivity contribution in [2.24, 2.45) is 0 Å². The Kier molecular flexibility index (Phi) is 2.10. The molecule has 1 amide bonds. The highest BCUT2D eigenvalue weighted by Gasteiger charge is 2.07. The molecule has 14 heavy (non-hydrogen) atoms. The Hall–Kier alpha value is -1.97. The highest BCUT2D eigenvalue weighted by Crippen LogP contribution is 2.26. The van der Waals surface area contributed by atoms with Crippen LogP contribution in [0.25, 0.3) is 11.0 Å². The maximum absolute atomic E-state index is 11.0. The van der Waals surface area contributed by atoms with Gasteiger partial charge in [0.15, 0.2) is 11.3 Å². The van der Waals surface area contributed by atoms with E-state index in [0.717, 1.165) is 5.39 Å². The van der Waals surface area contributed by atoms with Gasteiger partial charge in [-0.15, -0.1) is 0 Å². The zero-order chi connectivity index (χ0) is 9.97. The Morgan fingerprint density at radius 2 is 2.29 bits per heavy atom. The first-order valence-electron chi connectivity index (χ1n) is 4.17. The summed E-state index contributed by atoms with van der Waals surface area (Å²) in [4.78, 5) is 11.0. The van der Waals surface area contributed by atoms with E-state index >= 15 is 0 Å². The molecule has 2 aromatic rings. The number of furan rings is 1. The number of ether oxygens (including phenoxy) is 1. The summed E-state index contributed by atoms with van der Waals surface area (Å²) in [5.74, 6) is 0.423. The molecule has 0 spiro atoms. The zero-order valence-electron chi connectivity index (χ0n) is 7.61. The molecule has 72 valence electrons. The summed E-state index contributed by atoms with van der Waals surface area (Å²) in [5, 5.41) is 3.28. The molecule has 0 saturated carbocycles. The first-order valence-corrected chi connectivity index (χ1v) is 4.17. The van der Waals surface area contributed by atoms with Gasteiger partial charge in [-0.25, -0.2) is 4.79 Å². The summed E-state index contributed by atoms with van der Waals surface area (Å²) in [7, 11) is 1.50. The Bertz CT molecular complexity index is 461. The van der Waals surface area contributed by atoms with Crippen molar-refractivity contribution in [1.29, 1.82) is 0 Å². The molecule has 4 heteroatoms. The Morgan fingerprint density at radius 3 is 3.07 bits per heavy atom. The van der Waals surface area contributed by atoms with Gasteiger partial charge in [0.2, 0.25) is 0 Å². The lowest BCUT2D eigenvalue weighted by atomic mass is 10.2. The van der Waals surface area contributed by atoms with Crippen LogP contribution in [0.2, 0.25) is 0 Å². The van der Waals surface area contributed by atoms with Crippen molar-refractivity contribution < 1.29 is 13.9 Å².